The van der Waals surface area contributed by atoms with E-state index in [1.165, 1.54) is 0 Å². The van der Waals surface area contributed by atoms with E-state index in [1.54, 1.807) is 24.3 Å². The standard InChI is InChI=1S/C17H28O3SSi/c1-17(2,3)22(4,5)20-16-13-14(16)11-12-21(18,19)15-9-7-6-8-10-15/h6-10,14,16H,11-13H2,1-5H3/t14-,16-/m1/s1. The van der Waals surface area contributed by atoms with E-state index >= 15 is 0 Å². The summed E-state index contributed by atoms with van der Waals surface area (Å²) in [6, 6.07) is 8.72. The lowest BCUT2D eigenvalue weighted by Crippen LogP contribution is -2.41. The zero-order valence-corrected chi connectivity index (χ0v) is 16.1. The van der Waals surface area contributed by atoms with Crippen LogP contribution in [-0.2, 0) is 14.3 Å². The molecule has 124 valence electrons. The van der Waals surface area contributed by atoms with Crippen LogP contribution in [0.15, 0.2) is 35.2 Å². The molecule has 0 aliphatic heterocycles. The van der Waals surface area contributed by atoms with Crippen LogP contribution in [0, 0.1) is 5.92 Å². The van der Waals surface area contributed by atoms with Crippen molar-refractivity contribution in [2.45, 2.75) is 62.7 Å². The smallest absolute Gasteiger partial charge is 0.192 e. The number of sulfone groups is 1. The average Bonchev–Trinajstić information content (AvgIpc) is 3.14. The van der Waals surface area contributed by atoms with Crippen molar-refractivity contribution in [1.29, 1.82) is 0 Å². The maximum Gasteiger partial charge on any atom is 0.192 e. The van der Waals surface area contributed by atoms with Crippen LogP contribution in [0.4, 0.5) is 0 Å². The molecule has 1 aromatic rings. The van der Waals surface area contributed by atoms with E-state index in [9.17, 15) is 8.42 Å². The average molecular weight is 341 g/mol. The summed E-state index contributed by atoms with van der Waals surface area (Å²) >= 11 is 0. The van der Waals surface area contributed by atoms with Gasteiger partial charge in [-0.2, -0.15) is 0 Å². The first kappa shape index (κ1) is 17.7. The van der Waals surface area contributed by atoms with Crippen LogP contribution < -0.4 is 0 Å². The van der Waals surface area contributed by atoms with Crippen LogP contribution in [0.25, 0.3) is 0 Å². The topological polar surface area (TPSA) is 43.4 Å². The molecule has 1 aromatic carbocycles. The van der Waals surface area contributed by atoms with Crippen molar-refractivity contribution in [2.75, 3.05) is 5.75 Å². The van der Waals surface area contributed by atoms with Gasteiger partial charge in [0.05, 0.1) is 10.6 Å². The van der Waals surface area contributed by atoms with Crippen molar-refractivity contribution in [3.8, 4) is 0 Å². The molecule has 1 aliphatic rings. The Hall–Kier alpha value is -0.653. The Morgan fingerprint density at radius 2 is 1.77 bits per heavy atom. The van der Waals surface area contributed by atoms with Crippen LogP contribution >= 0.6 is 0 Å². The Kier molecular flexibility index (Phi) is 4.90. The minimum atomic E-state index is -3.16. The molecule has 2 rings (SSSR count). The first-order valence-electron chi connectivity index (χ1n) is 7.98. The van der Waals surface area contributed by atoms with E-state index in [0.717, 1.165) is 6.42 Å². The lowest BCUT2D eigenvalue weighted by atomic mass is 10.2. The zero-order valence-electron chi connectivity index (χ0n) is 14.3. The van der Waals surface area contributed by atoms with Crippen molar-refractivity contribution in [1.82, 2.24) is 0 Å². The molecule has 1 saturated carbocycles. The fraction of sp³-hybridized carbons (Fsp3) is 0.647. The minimum Gasteiger partial charge on any atom is -0.414 e. The predicted molar refractivity (Wildman–Crippen MR) is 93.3 cm³/mol. The summed E-state index contributed by atoms with van der Waals surface area (Å²) in [7, 11) is -4.89. The van der Waals surface area contributed by atoms with Gasteiger partial charge in [0.1, 0.15) is 0 Å². The fourth-order valence-corrected chi connectivity index (χ4v) is 5.09. The number of hydrogen-bond donors (Lipinski definition) is 0. The predicted octanol–water partition coefficient (Wildman–Crippen LogP) is 4.26. The van der Waals surface area contributed by atoms with Crippen molar-refractivity contribution in [2.24, 2.45) is 5.92 Å². The molecule has 0 spiro atoms. The van der Waals surface area contributed by atoms with Crippen molar-refractivity contribution in [3.63, 3.8) is 0 Å². The summed E-state index contributed by atoms with van der Waals surface area (Å²) in [5.74, 6) is 0.631. The molecule has 0 bridgehead atoms. The number of hydrogen-bond acceptors (Lipinski definition) is 3. The monoisotopic (exact) mass is 340 g/mol. The molecule has 1 aliphatic carbocycles. The SMILES string of the molecule is CC(C)(C)[Si](C)(C)O[C@@H]1C[C@H]1CCS(=O)(=O)c1ccccc1. The van der Waals surface area contributed by atoms with Gasteiger partial charge in [-0.25, -0.2) is 8.42 Å². The first-order valence-corrected chi connectivity index (χ1v) is 12.5. The molecule has 22 heavy (non-hydrogen) atoms. The van der Waals surface area contributed by atoms with Gasteiger partial charge in [0.25, 0.3) is 0 Å². The normalized spacial score (nSPS) is 22.6. The Balaban J connectivity index is 1.86. The van der Waals surface area contributed by atoms with Crippen molar-refractivity contribution in [3.05, 3.63) is 30.3 Å². The molecule has 2 atom stereocenters. The number of rotatable bonds is 6. The summed E-state index contributed by atoms with van der Waals surface area (Å²) in [6.07, 6.45) is 1.99. The molecule has 0 unspecified atom stereocenters. The quantitative estimate of drug-likeness (QED) is 0.727. The van der Waals surface area contributed by atoms with Crippen molar-refractivity contribution < 1.29 is 12.8 Å². The second-order valence-electron chi connectivity index (χ2n) is 7.83. The van der Waals surface area contributed by atoms with E-state index < -0.39 is 18.2 Å². The molecule has 0 N–H and O–H groups in total. The van der Waals surface area contributed by atoms with Gasteiger partial charge in [0.15, 0.2) is 18.2 Å². The van der Waals surface area contributed by atoms with Gasteiger partial charge < -0.3 is 4.43 Å². The van der Waals surface area contributed by atoms with Gasteiger partial charge in [-0.05, 0) is 49.0 Å². The first-order chi connectivity index (χ1) is 10.0. The third-order valence-electron chi connectivity index (χ3n) is 4.97. The minimum absolute atomic E-state index is 0.205. The van der Waals surface area contributed by atoms with E-state index in [4.69, 9.17) is 4.43 Å². The Labute approximate surface area is 136 Å². The Bertz CT molecular complexity index is 603. The summed E-state index contributed by atoms with van der Waals surface area (Å²) < 4.78 is 30.9. The largest absolute Gasteiger partial charge is 0.414 e. The van der Waals surface area contributed by atoms with Crippen LogP contribution in [0.3, 0.4) is 0 Å². The maximum atomic E-state index is 12.3. The lowest BCUT2D eigenvalue weighted by molar-refractivity contribution is 0.256. The van der Waals surface area contributed by atoms with Crippen LogP contribution in [-0.4, -0.2) is 28.6 Å². The fourth-order valence-electron chi connectivity index (χ4n) is 2.28. The highest BCUT2D eigenvalue weighted by Crippen LogP contribution is 2.45. The van der Waals surface area contributed by atoms with Gasteiger partial charge in [-0.1, -0.05) is 39.0 Å². The summed E-state index contributed by atoms with van der Waals surface area (Å²) in [6.45, 7) is 11.2. The highest BCUT2D eigenvalue weighted by atomic mass is 32.2. The highest BCUT2D eigenvalue weighted by molar-refractivity contribution is 7.91. The Morgan fingerprint density at radius 1 is 1.18 bits per heavy atom. The van der Waals surface area contributed by atoms with Crippen LogP contribution in [0.5, 0.6) is 0 Å². The molecule has 0 saturated heterocycles. The van der Waals surface area contributed by atoms with Gasteiger partial charge >= 0.3 is 0 Å². The molecule has 0 aromatic heterocycles. The summed E-state index contributed by atoms with van der Waals surface area (Å²) in [5.41, 5.74) is 0. The molecule has 1 fully saturated rings. The second kappa shape index (κ2) is 6.10. The number of benzene rings is 1. The van der Waals surface area contributed by atoms with Crippen LogP contribution in [0.2, 0.25) is 18.1 Å². The van der Waals surface area contributed by atoms with Crippen molar-refractivity contribution >= 4 is 18.2 Å². The second-order valence-corrected chi connectivity index (χ2v) is 14.7. The third-order valence-corrected chi connectivity index (χ3v) is 11.2. The molecule has 3 nitrogen and oxygen atoms in total. The Morgan fingerprint density at radius 3 is 2.32 bits per heavy atom. The molecular weight excluding hydrogens is 312 g/mol. The summed E-state index contributed by atoms with van der Waals surface area (Å²) in [4.78, 5) is 0.428. The van der Waals surface area contributed by atoms with Gasteiger partial charge in [0.2, 0.25) is 0 Å². The molecule has 0 radical (unpaired) electrons. The maximum absolute atomic E-state index is 12.3. The molecular formula is C17H28O3SSi. The molecule has 0 heterocycles. The van der Waals surface area contributed by atoms with Gasteiger partial charge in [-0.3, -0.25) is 0 Å². The van der Waals surface area contributed by atoms with Gasteiger partial charge in [-0.15, -0.1) is 0 Å². The van der Waals surface area contributed by atoms with Crippen LogP contribution in [0.1, 0.15) is 33.6 Å². The zero-order chi connectivity index (χ0) is 16.6. The third kappa shape index (κ3) is 4.21. The lowest BCUT2D eigenvalue weighted by Gasteiger charge is -2.36. The van der Waals surface area contributed by atoms with E-state index in [2.05, 4.69) is 33.9 Å². The van der Waals surface area contributed by atoms with E-state index in [-0.39, 0.29) is 16.9 Å². The highest BCUT2D eigenvalue weighted by Gasteiger charge is 2.46. The molecule has 0 amide bonds. The van der Waals surface area contributed by atoms with E-state index in [1.807, 2.05) is 6.07 Å². The van der Waals surface area contributed by atoms with Gasteiger partial charge in [0, 0.05) is 6.10 Å². The summed E-state index contributed by atoms with van der Waals surface area (Å²) in [5, 5.41) is 0.205. The molecule has 5 heteroatoms. The van der Waals surface area contributed by atoms with E-state index in [0.29, 0.717) is 17.2 Å².